The summed E-state index contributed by atoms with van der Waals surface area (Å²) in [6.07, 6.45) is 3.09. The molecule has 0 unspecified atom stereocenters. The molecular weight excluding hydrogens is 258 g/mol. The highest BCUT2D eigenvalue weighted by atomic mass is 16.5. The summed E-state index contributed by atoms with van der Waals surface area (Å²) in [6.45, 7) is 1.79. The van der Waals surface area contributed by atoms with Gasteiger partial charge >= 0.3 is 0 Å². The molecule has 2 heterocycles. The van der Waals surface area contributed by atoms with Crippen molar-refractivity contribution in [3.63, 3.8) is 0 Å². The van der Waals surface area contributed by atoms with E-state index in [-0.39, 0.29) is 11.9 Å². The molecule has 104 valence electrons. The van der Waals surface area contributed by atoms with Crippen LogP contribution < -0.4 is 15.4 Å². The Morgan fingerprint density at radius 2 is 2.15 bits per heavy atom. The monoisotopic (exact) mass is 273 g/mol. The Morgan fingerprint density at radius 1 is 1.35 bits per heavy atom. The molecule has 2 aromatic heterocycles. The highest BCUT2D eigenvalue weighted by Gasteiger charge is 2.13. The average Bonchev–Trinajstić information content (AvgIpc) is 2.46. The smallest absolute Gasteiger partial charge is 0.261 e. The van der Waals surface area contributed by atoms with Gasteiger partial charge in [0.25, 0.3) is 5.91 Å². The molecule has 2 rings (SSSR count). The van der Waals surface area contributed by atoms with E-state index >= 15 is 0 Å². The Kier molecular flexibility index (Phi) is 4.09. The van der Waals surface area contributed by atoms with Crippen LogP contribution >= 0.6 is 0 Å². The quantitative estimate of drug-likeness (QED) is 0.877. The van der Waals surface area contributed by atoms with Gasteiger partial charge in [0.2, 0.25) is 11.8 Å². The summed E-state index contributed by atoms with van der Waals surface area (Å²) in [5.74, 6) is 0.251. The van der Waals surface area contributed by atoms with E-state index in [2.05, 4.69) is 25.6 Å². The first-order valence-corrected chi connectivity index (χ1v) is 5.97. The van der Waals surface area contributed by atoms with Crippen LogP contribution in [0.15, 0.2) is 24.5 Å². The fourth-order valence-electron chi connectivity index (χ4n) is 1.66. The predicted octanol–water partition coefficient (Wildman–Crippen LogP) is 1.48. The zero-order valence-electron chi connectivity index (χ0n) is 11.5. The predicted molar refractivity (Wildman–Crippen MR) is 75.1 cm³/mol. The number of carbonyl (C=O) groups is 1. The van der Waals surface area contributed by atoms with Crippen LogP contribution in [0.25, 0.3) is 0 Å². The largest absolute Gasteiger partial charge is 0.481 e. The number of rotatable bonds is 4. The van der Waals surface area contributed by atoms with Crippen LogP contribution in [0.2, 0.25) is 0 Å². The van der Waals surface area contributed by atoms with E-state index in [0.717, 1.165) is 0 Å². The number of hydrogen-bond acceptors (Lipinski definition) is 6. The second-order valence-corrected chi connectivity index (χ2v) is 4.00. The van der Waals surface area contributed by atoms with Crippen LogP contribution in [0.3, 0.4) is 0 Å². The number of ether oxygens (including phenoxy) is 1. The summed E-state index contributed by atoms with van der Waals surface area (Å²) < 4.78 is 5.04. The maximum atomic E-state index is 12.2. The van der Waals surface area contributed by atoms with E-state index in [9.17, 15) is 4.79 Å². The zero-order valence-corrected chi connectivity index (χ0v) is 11.5. The van der Waals surface area contributed by atoms with Crippen molar-refractivity contribution >= 4 is 17.5 Å². The van der Waals surface area contributed by atoms with Gasteiger partial charge in [0.15, 0.2) is 0 Å². The molecule has 20 heavy (non-hydrogen) atoms. The maximum absolute atomic E-state index is 12.2. The normalized spacial score (nSPS) is 9.95. The van der Waals surface area contributed by atoms with Gasteiger partial charge in [0.05, 0.1) is 12.7 Å². The fraction of sp³-hybridized carbons (Fsp3) is 0.231. The van der Waals surface area contributed by atoms with Crippen molar-refractivity contribution in [3.8, 4) is 5.88 Å². The van der Waals surface area contributed by atoms with Crippen LogP contribution in [0, 0.1) is 6.92 Å². The standard InChI is InChI=1S/C13H15N5O2/c1-8-6-11(20-3)17-13(16-8)18-12(19)9-7-15-5-4-10(9)14-2/h4-7H,1-3H3,(H,14,15)(H,16,17,18,19). The molecule has 7 heteroatoms. The van der Waals surface area contributed by atoms with Gasteiger partial charge in [-0.1, -0.05) is 0 Å². The lowest BCUT2D eigenvalue weighted by molar-refractivity contribution is 0.102. The molecule has 0 fully saturated rings. The number of hydrogen-bond donors (Lipinski definition) is 2. The number of pyridine rings is 1. The molecule has 0 aliphatic carbocycles. The molecule has 0 aliphatic heterocycles. The van der Waals surface area contributed by atoms with Gasteiger partial charge in [0, 0.05) is 36.9 Å². The van der Waals surface area contributed by atoms with E-state index in [0.29, 0.717) is 22.8 Å². The first-order valence-electron chi connectivity index (χ1n) is 5.97. The first kappa shape index (κ1) is 13.7. The summed E-state index contributed by atoms with van der Waals surface area (Å²) in [5, 5.41) is 5.56. The van der Waals surface area contributed by atoms with Crippen molar-refractivity contribution in [1.29, 1.82) is 0 Å². The summed E-state index contributed by atoms with van der Waals surface area (Å²) in [4.78, 5) is 24.3. The highest BCUT2D eigenvalue weighted by molar-refractivity contribution is 6.07. The number of methoxy groups -OCH3 is 1. The third-order valence-corrected chi connectivity index (χ3v) is 2.60. The Morgan fingerprint density at radius 3 is 2.85 bits per heavy atom. The number of amides is 1. The molecule has 2 N–H and O–H groups in total. The van der Waals surface area contributed by atoms with E-state index in [4.69, 9.17) is 4.74 Å². The fourth-order valence-corrected chi connectivity index (χ4v) is 1.66. The number of anilines is 2. The van der Waals surface area contributed by atoms with Crippen molar-refractivity contribution < 1.29 is 9.53 Å². The lowest BCUT2D eigenvalue weighted by Gasteiger charge is -2.09. The summed E-state index contributed by atoms with van der Waals surface area (Å²) in [6, 6.07) is 3.39. The number of nitrogens with zero attached hydrogens (tertiary/aromatic N) is 3. The molecule has 0 aromatic carbocycles. The van der Waals surface area contributed by atoms with Crippen LogP contribution in [-0.4, -0.2) is 35.0 Å². The van der Waals surface area contributed by atoms with Crippen LogP contribution in [0.5, 0.6) is 5.88 Å². The van der Waals surface area contributed by atoms with Crippen LogP contribution in [-0.2, 0) is 0 Å². The van der Waals surface area contributed by atoms with E-state index in [1.807, 2.05) is 0 Å². The van der Waals surface area contributed by atoms with Crippen molar-refractivity contribution in [2.24, 2.45) is 0 Å². The number of carbonyl (C=O) groups excluding carboxylic acids is 1. The minimum absolute atomic E-state index is 0.192. The zero-order chi connectivity index (χ0) is 14.5. The van der Waals surface area contributed by atoms with E-state index in [1.54, 1.807) is 32.3 Å². The van der Waals surface area contributed by atoms with E-state index < -0.39 is 0 Å². The second kappa shape index (κ2) is 5.96. The minimum atomic E-state index is -0.338. The molecule has 0 saturated carbocycles. The van der Waals surface area contributed by atoms with Crippen LogP contribution in [0.1, 0.15) is 16.1 Å². The lowest BCUT2D eigenvalue weighted by Crippen LogP contribution is -2.16. The van der Waals surface area contributed by atoms with Gasteiger partial charge in [-0.3, -0.25) is 15.1 Å². The Balaban J connectivity index is 2.25. The molecule has 0 bridgehead atoms. The molecule has 0 radical (unpaired) electrons. The Labute approximate surface area is 116 Å². The summed E-state index contributed by atoms with van der Waals surface area (Å²) >= 11 is 0. The van der Waals surface area contributed by atoms with Crippen molar-refractivity contribution in [2.45, 2.75) is 6.92 Å². The van der Waals surface area contributed by atoms with Crippen molar-refractivity contribution in [3.05, 3.63) is 35.8 Å². The van der Waals surface area contributed by atoms with Gasteiger partial charge in [0.1, 0.15) is 0 Å². The molecule has 7 nitrogen and oxygen atoms in total. The number of aromatic nitrogens is 3. The topological polar surface area (TPSA) is 89.0 Å². The Bertz CT molecular complexity index is 630. The van der Waals surface area contributed by atoms with Crippen molar-refractivity contribution in [1.82, 2.24) is 15.0 Å². The molecule has 0 aliphatic rings. The third kappa shape index (κ3) is 3.00. The molecule has 0 atom stereocenters. The Hall–Kier alpha value is -2.70. The van der Waals surface area contributed by atoms with Gasteiger partial charge in [-0.25, -0.2) is 4.98 Å². The molecular formula is C13H15N5O2. The number of aryl methyl sites for hydroxylation is 1. The minimum Gasteiger partial charge on any atom is -0.481 e. The third-order valence-electron chi connectivity index (χ3n) is 2.60. The second-order valence-electron chi connectivity index (χ2n) is 4.00. The van der Waals surface area contributed by atoms with Crippen LogP contribution in [0.4, 0.5) is 11.6 Å². The maximum Gasteiger partial charge on any atom is 0.261 e. The summed E-state index contributed by atoms with van der Waals surface area (Å²) in [5.41, 5.74) is 1.79. The lowest BCUT2D eigenvalue weighted by atomic mass is 10.2. The average molecular weight is 273 g/mol. The number of nitrogens with one attached hydrogen (secondary N) is 2. The SMILES string of the molecule is CNc1ccncc1C(=O)Nc1nc(C)cc(OC)n1. The molecule has 0 saturated heterocycles. The summed E-state index contributed by atoms with van der Waals surface area (Å²) in [7, 11) is 3.24. The van der Waals surface area contributed by atoms with E-state index in [1.165, 1.54) is 13.3 Å². The van der Waals surface area contributed by atoms with Crippen molar-refractivity contribution in [2.75, 3.05) is 24.8 Å². The molecule has 2 aromatic rings. The molecule has 1 amide bonds. The van der Waals surface area contributed by atoms with Gasteiger partial charge < -0.3 is 10.1 Å². The van der Waals surface area contributed by atoms with Gasteiger partial charge in [-0.2, -0.15) is 4.98 Å². The van der Waals surface area contributed by atoms with Gasteiger partial charge in [-0.15, -0.1) is 0 Å². The highest BCUT2D eigenvalue weighted by Crippen LogP contribution is 2.16. The molecule has 0 spiro atoms. The van der Waals surface area contributed by atoms with Gasteiger partial charge in [-0.05, 0) is 13.0 Å². The first-order chi connectivity index (χ1) is 9.63.